The largest absolute Gasteiger partial charge is 0.469 e. The van der Waals surface area contributed by atoms with Crippen molar-refractivity contribution in [2.75, 3.05) is 7.11 Å². The first kappa shape index (κ1) is 13.1. The van der Waals surface area contributed by atoms with Gasteiger partial charge in [0.15, 0.2) is 6.29 Å². The number of hydrogen-bond donors (Lipinski definition) is 0. The fraction of sp³-hybridized carbons (Fsp3) is 0.200. The van der Waals surface area contributed by atoms with Crippen LogP contribution in [0.2, 0.25) is 5.02 Å². The van der Waals surface area contributed by atoms with Gasteiger partial charge in [-0.15, -0.1) is 0 Å². The lowest BCUT2D eigenvalue weighted by atomic mass is 10.1. The van der Waals surface area contributed by atoms with Crippen LogP contribution in [-0.2, 0) is 16.0 Å². The first-order valence-corrected chi connectivity index (χ1v) is 4.86. The van der Waals surface area contributed by atoms with Gasteiger partial charge in [-0.25, -0.2) is 0 Å². The highest BCUT2D eigenvalue weighted by Crippen LogP contribution is 2.30. The number of halogens is 1. The van der Waals surface area contributed by atoms with Crippen molar-refractivity contribution in [2.24, 2.45) is 0 Å². The van der Waals surface area contributed by atoms with Gasteiger partial charge in [-0.3, -0.25) is 19.7 Å². The van der Waals surface area contributed by atoms with E-state index in [-0.39, 0.29) is 22.6 Å². The quantitative estimate of drug-likeness (QED) is 0.355. The Morgan fingerprint density at radius 2 is 2.24 bits per heavy atom. The molecule has 0 radical (unpaired) electrons. The molecule has 0 aliphatic rings. The third kappa shape index (κ3) is 2.79. The molecule has 6 nitrogen and oxygen atoms in total. The van der Waals surface area contributed by atoms with Gasteiger partial charge in [0.2, 0.25) is 0 Å². The van der Waals surface area contributed by atoms with E-state index >= 15 is 0 Å². The normalized spacial score (nSPS) is 9.76. The van der Waals surface area contributed by atoms with Crippen LogP contribution >= 0.6 is 11.6 Å². The van der Waals surface area contributed by atoms with Crippen LogP contribution in [0.4, 0.5) is 5.69 Å². The average molecular weight is 258 g/mol. The number of nitro groups is 1. The molecule has 0 amide bonds. The molecule has 90 valence electrons. The standard InChI is InChI=1S/C10H8ClNO5/c1-17-9(14)4-7-8(11)3-2-6(5-13)10(7)12(15)16/h2-3,5H,4H2,1H3. The van der Waals surface area contributed by atoms with Crippen molar-refractivity contribution in [1.82, 2.24) is 0 Å². The van der Waals surface area contributed by atoms with Gasteiger partial charge in [0, 0.05) is 0 Å². The molecule has 0 fully saturated rings. The molecule has 0 atom stereocenters. The molecule has 0 saturated heterocycles. The summed E-state index contributed by atoms with van der Waals surface area (Å²) in [5.41, 5.74) is -0.607. The highest BCUT2D eigenvalue weighted by atomic mass is 35.5. The van der Waals surface area contributed by atoms with E-state index in [1.165, 1.54) is 12.1 Å². The zero-order valence-corrected chi connectivity index (χ0v) is 9.56. The number of carbonyl (C=O) groups is 2. The smallest absolute Gasteiger partial charge is 0.310 e. The molecular weight excluding hydrogens is 250 g/mol. The molecule has 0 aromatic heterocycles. The van der Waals surface area contributed by atoms with Crippen molar-refractivity contribution < 1.29 is 19.2 Å². The molecule has 1 aromatic carbocycles. The maximum absolute atomic E-state index is 11.1. The predicted octanol–water partition coefficient (Wildman–Crippen LogP) is 1.78. The van der Waals surface area contributed by atoms with E-state index in [4.69, 9.17) is 11.6 Å². The highest BCUT2D eigenvalue weighted by Gasteiger charge is 2.24. The maximum Gasteiger partial charge on any atom is 0.310 e. The van der Waals surface area contributed by atoms with Crippen LogP contribution in [0, 0.1) is 10.1 Å². The van der Waals surface area contributed by atoms with Crippen LogP contribution < -0.4 is 0 Å². The van der Waals surface area contributed by atoms with Crippen LogP contribution in [0.3, 0.4) is 0 Å². The van der Waals surface area contributed by atoms with Crippen LogP contribution in [0.15, 0.2) is 12.1 Å². The summed E-state index contributed by atoms with van der Waals surface area (Å²) in [5.74, 6) is -0.668. The Labute approximate surface area is 101 Å². The first-order valence-electron chi connectivity index (χ1n) is 4.49. The minimum absolute atomic E-state index is 0.0203. The molecule has 0 N–H and O–H groups in total. The minimum atomic E-state index is -0.742. The third-order valence-corrected chi connectivity index (χ3v) is 2.47. The fourth-order valence-corrected chi connectivity index (χ4v) is 1.54. The van der Waals surface area contributed by atoms with Crippen molar-refractivity contribution >= 4 is 29.5 Å². The number of nitro benzene ring substituents is 1. The van der Waals surface area contributed by atoms with Crippen LogP contribution in [0.5, 0.6) is 0 Å². The van der Waals surface area contributed by atoms with Gasteiger partial charge in [0.1, 0.15) is 0 Å². The van der Waals surface area contributed by atoms with E-state index in [1.807, 2.05) is 0 Å². The minimum Gasteiger partial charge on any atom is -0.469 e. The zero-order valence-electron chi connectivity index (χ0n) is 8.81. The summed E-state index contributed by atoms with van der Waals surface area (Å²) in [7, 11) is 1.16. The molecule has 7 heteroatoms. The summed E-state index contributed by atoms with van der Waals surface area (Å²) in [6.07, 6.45) is -0.0113. The predicted molar refractivity (Wildman–Crippen MR) is 59.2 cm³/mol. The van der Waals surface area contributed by atoms with E-state index < -0.39 is 16.6 Å². The maximum atomic E-state index is 11.1. The highest BCUT2D eigenvalue weighted by molar-refractivity contribution is 6.32. The Morgan fingerprint density at radius 1 is 1.59 bits per heavy atom. The Hall–Kier alpha value is -1.95. The second-order valence-electron chi connectivity index (χ2n) is 3.09. The fourth-order valence-electron chi connectivity index (χ4n) is 1.33. The molecule has 17 heavy (non-hydrogen) atoms. The first-order chi connectivity index (χ1) is 8.01. The summed E-state index contributed by atoms with van der Waals surface area (Å²) < 4.78 is 4.41. The molecular formula is C10H8ClNO5. The van der Waals surface area contributed by atoms with Gasteiger partial charge in [-0.1, -0.05) is 11.6 Å². The summed E-state index contributed by atoms with van der Waals surface area (Å²) in [4.78, 5) is 31.9. The van der Waals surface area contributed by atoms with E-state index in [9.17, 15) is 19.7 Å². The van der Waals surface area contributed by atoms with E-state index in [0.29, 0.717) is 6.29 Å². The molecule has 0 unspecified atom stereocenters. The Balaban J connectivity index is 3.38. The van der Waals surface area contributed by atoms with Gasteiger partial charge in [0.05, 0.1) is 34.6 Å². The number of ether oxygens (including phenoxy) is 1. The van der Waals surface area contributed by atoms with Crippen LogP contribution in [-0.4, -0.2) is 24.3 Å². The topological polar surface area (TPSA) is 86.5 Å². The molecule has 0 bridgehead atoms. The second-order valence-corrected chi connectivity index (χ2v) is 3.50. The Kier molecular flexibility index (Phi) is 4.17. The van der Waals surface area contributed by atoms with Crippen LogP contribution in [0.25, 0.3) is 0 Å². The van der Waals surface area contributed by atoms with Gasteiger partial charge < -0.3 is 4.74 Å². The zero-order chi connectivity index (χ0) is 13.0. The SMILES string of the molecule is COC(=O)Cc1c(Cl)ccc(C=O)c1[N+](=O)[O-]. The van der Waals surface area contributed by atoms with Gasteiger partial charge >= 0.3 is 5.97 Å². The molecule has 0 spiro atoms. The summed E-state index contributed by atoms with van der Waals surface area (Å²) >= 11 is 5.78. The summed E-state index contributed by atoms with van der Waals surface area (Å²) in [6.45, 7) is 0. The number of rotatable bonds is 4. The lowest BCUT2D eigenvalue weighted by Crippen LogP contribution is -2.09. The molecule has 1 aromatic rings. The summed E-state index contributed by atoms with van der Waals surface area (Å²) in [5, 5.41) is 10.9. The molecule has 0 heterocycles. The lowest BCUT2D eigenvalue weighted by Gasteiger charge is -2.05. The number of carbonyl (C=O) groups excluding carboxylic acids is 2. The van der Waals surface area contributed by atoms with E-state index in [0.717, 1.165) is 7.11 Å². The van der Waals surface area contributed by atoms with Crippen molar-refractivity contribution in [3.63, 3.8) is 0 Å². The average Bonchev–Trinajstić information content (AvgIpc) is 2.30. The van der Waals surface area contributed by atoms with Crippen molar-refractivity contribution in [1.29, 1.82) is 0 Å². The van der Waals surface area contributed by atoms with Crippen LogP contribution in [0.1, 0.15) is 15.9 Å². The second kappa shape index (κ2) is 5.40. The Bertz CT molecular complexity index is 486. The van der Waals surface area contributed by atoms with Crippen molar-refractivity contribution in [2.45, 2.75) is 6.42 Å². The van der Waals surface area contributed by atoms with Crippen molar-refractivity contribution in [3.8, 4) is 0 Å². The monoisotopic (exact) mass is 257 g/mol. The van der Waals surface area contributed by atoms with Gasteiger partial charge in [-0.2, -0.15) is 0 Å². The third-order valence-electron chi connectivity index (χ3n) is 2.12. The van der Waals surface area contributed by atoms with Gasteiger partial charge in [-0.05, 0) is 12.1 Å². The number of nitrogens with zero attached hydrogens (tertiary/aromatic N) is 1. The van der Waals surface area contributed by atoms with E-state index in [2.05, 4.69) is 4.74 Å². The van der Waals surface area contributed by atoms with Gasteiger partial charge in [0.25, 0.3) is 5.69 Å². The molecule has 0 aliphatic heterocycles. The summed E-state index contributed by atoms with van der Waals surface area (Å²) in [6, 6.07) is 2.56. The number of methoxy groups -OCH3 is 1. The molecule has 0 saturated carbocycles. The number of aldehydes is 1. The lowest BCUT2D eigenvalue weighted by molar-refractivity contribution is -0.385. The number of esters is 1. The molecule has 1 rings (SSSR count). The number of benzene rings is 1. The number of hydrogen-bond acceptors (Lipinski definition) is 5. The van der Waals surface area contributed by atoms with E-state index in [1.54, 1.807) is 0 Å². The Morgan fingerprint density at radius 3 is 2.71 bits per heavy atom. The van der Waals surface area contributed by atoms with Crippen molar-refractivity contribution in [3.05, 3.63) is 38.4 Å². The molecule has 0 aliphatic carbocycles.